The second-order valence-electron chi connectivity index (χ2n) is 4.45. The third-order valence-corrected chi connectivity index (χ3v) is 2.89. The zero-order chi connectivity index (χ0) is 12.8. The van der Waals surface area contributed by atoms with Crippen molar-refractivity contribution in [1.82, 2.24) is 4.90 Å². The maximum atomic E-state index is 12.1. The number of rotatable bonds is 5. The number of hydrogen-bond acceptors (Lipinski definition) is 2. The fourth-order valence-electron chi connectivity index (χ4n) is 1.75. The third-order valence-electron chi connectivity index (χ3n) is 2.89. The molecule has 0 heterocycles. The van der Waals surface area contributed by atoms with E-state index < -0.39 is 0 Å². The molecule has 0 bridgehead atoms. The Bertz CT molecular complexity index is 357. The van der Waals surface area contributed by atoms with Crippen LogP contribution in [-0.4, -0.2) is 30.4 Å². The SMILES string of the molecule is CCN(CCN)C(=O)c1ccc(C(C)C)cc1. The van der Waals surface area contributed by atoms with E-state index in [1.807, 2.05) is 31.2 Å². The minimum atomic E-state index is 0.0632. The van der Waals surface area contributed by atoms with Crippen molar-refractivity contribution in [3.8, 4) is 0 Å². The molecule has 3 nitrogen and oxygen atoms in total. The van der Waals surface area contributed by atoms with Crippen LogP contribution in [0.2, 0.25) is 0 Å². The van der Waals surface area contributed by atoms with Gasteiger partial charge in [0.05, 0.1) is 0 Å². The van der Waals surface area contributed by atoms with E-state index in [9.17, 15) is 4.79 Å². The van der Waals surface area contributed by atoms with Crippen LogP contribution >= 0.6 is 0 Å². The third kappa shape index (κ3) is 3.56. The fraction of sp³-hybridized carbons (Fsp3) is 0.500. The van der Waals surface area contributed by atoms with Gasteiger partial charge in [0.25, 0.3) is 5.91 Å². The lowest BCUT2D eigenvalue weighted by Gasteiger charge is -2.20. The normalized spacial score (nSPS) is 10.6. The summed E-state index contributed by atoms with van der Waals surface area (Å²) < 4.78 is 0. The first-order valence-corrected chi connectivity index (χ1v) is 6.19. The van der Waals surface area contributed by atoms with Crippen LogP contribution in [0.25, 0.3) is 0 Å². The van der Waals surface area contributed by atoms with Gasteiger partial charge in [-0.05, 0) is 30.5 Å². The summed E-state index contributed by atoms with van der Waals surface area (Å²) in [5.74, 6) is 0.554. The zero-order valence-corrected chi connectivity index (χ0v) is 10.9. The summed E-state index contributed by atoms with van der Waals surface area (Å²) in [6.07, 6.45) is 0. The van der Waals surface area contributed by atoms with Gasteiger partial charge in [-0.1, -0.05) is 26.0 Å². The Morgan fingerprint density at radius 1 is 1.29 bits per heavy atom. The molecule has 0 radical (unpaired) electrons. The molecule has 3 heteroatoms. The maximum absolute atomic E-state index is 12.1. The number of carbonyl (C=O) groups excluding carboxylic acids is 1. The zero-order valence-electron chi connectivity index (χ0n) is 10.9. The van der Waals surface area contributed by atoms with Crippen molar-refractivity contribution in [3.63, 3.8) is 0 Å². The van der Waals surface area contributed by atoms with Gasteiger partial charge in [-0.15, -0.1) is 0 Å². The molecule has 0 aliphatic carbocycles. The Kier molecular flexibility index (Phi) is 5.16. The van der Waals surface area contributed by atoms with Crippen LogP contribution in [0.3, 0.4) is 0 Å². The smallest absolute Gasteiger partial charge is 0.253 e. The Balaban J connectivity index is 2.81. The first kappa shape index (κ1) is 13.7. The summed E-state index contributed by atoms with van der Waals surface area (Å²) in [6.45, 7) is 8.07. The highest BCUT2D eigenvalue weighted by atomic mass is 16.2. The van der Waals surface area contributed by atoms with Crippen molar-refractivity contribution >= 4 is 5.91 Å². The van der Waals surface area contributed by atoms with Crippen molar-refractivity contribution < 1.29 is 4.79 Å². The van der Waals surface area contributed by atoms with Gasteiger partial charge in [0.1, 0.15) is 0 Å². The Labute approximate surface area is 104 Å². The number of likely N-dealkylation sites (N-methyl/N-ethyl adjacent to an activating group) is 1. The van der Waals surface area contributed by atoms with Gasteiger partial charge >= 0.3 is 0 Å². The number of amides is 1. The molecule has 1 rings (SSSR count). The quantitative estimate of drug-likeness (QED) is 0.849. The van der Waals surface area contributed by atoms with E-state index in [4.69, 9.17) is 5.73 Å². The van der Waals surface area contributed by atoms with Gasteiger partial charge < -0.3 is 10.6 Å². The molecule has 94 valence electrons. The lowest BCUT2D eigenvalue weighted by molar-refractivity contribution is 0.0769. The molecule has 1 aromatic rings. The lowest BCUT2D eigenvalue weighted by atomic mass is 10.0. The molecule has 0 unspecified atom stereocenters. The van der Waals surface area contributed by atoms with Crippen LogP contribution in [0.1, 0.15) is 42.6 Å². The molecule has 0 saturated heterocycles. The van der Waals surface area contributed by atoms with Crippen LogP contribution in [0.15, 0.2) is 24.3 Å². The van der Waals surface area contributed by atoms with Gasteiger partial charge in [-0.3, -0.25) is 4.79 Å². The first-order valence-electron chi connectivity index (χ1n) is 6.19. The standard InChI is InChI=1S/C14H22N2O/c1-4-16(10-9-15)14(17)13-7-5-12(6-8-13)11(2)3/h5-8,11H,4,9-10,15H2,1-3H3. The summed E-state index contributed by atoms with van der Waals surface area (Å²) in [4.78, 5) is 13.9. The molecule has 17 heavy (non-hydrogen) atoms. The summed E-state index contributed by atoms with van der Waals surface area (Å²) in [7, 11) is 0. The Hall–Kier alpha value is -1.35. The average Bonchev–Trinajstić information content (AvgIpc) is 2.35. The minimum Gasteiger partial charge on any atom is -0.338 e. The predicted molar refractivity (Wildman–Crippen MR) is 71.2 cm³/mol. The average molecular weight is 234 g/mol. The molecule has 0 aliphatic rings. The maximum Gasteiger partial charge on any atom is 0.253 e. The summed E-state index contributed by atoms with van der Waals surface area (Å²) >= 11 is 0. The van der Waals surface area contributed by atoms with Crippen molar-refractivity contribution in [2.45, 2.75) is 26.7 Å². The minimum absolute atomic E-state index is 0.0632. The molecule has 2 N–H and O–H groups in total. The number of benzene rings is 1. The predicted octanol–water partition coefficient (Wildman–Crippen LogP) is 2.23. The molecule has 0 spiro atoms. The van der Waals surface area contributed by atoms with Gasteiger partial charge in [0.15, 0.2) is 0 Å². The van der Waals surface area contributed by atoms with Crippen molar-refractivity contribution in [3.05, 3.63) is 35.4 Å². The Morgan fingerprint density at radius 2 is 1.88 bits per heavy atom. The number of nitrogens with two attached hydrogens (primary N) is 1. The van der Waals surface area contributed by atoms with E-state index in [1.54, 1.807) is 4.90 Å². The van der Waals surface area contributed by atoms with Gasteiger partial charge in [-0.25, -0.2) is 0 Å². The monoisotopic (exact) mass is 234 g/mol. The molecule has 0 fully saturated rings. The Morgan fingerprint density at radius 3 is 2.29 bits per heavy atom. The van der Waals surface area contributed by atoms with Crippen LogP contribution in [0, 0.1) is 0 Å². The van der Waals surface area contributed by atoms with E-state index in [1.165, 1.54) is 5.56 Å². The van der Waals surface area contributed by atoms with Crippen molar-refractivity contribution in [2.24, 2.45) is 5.73 Å². The largest absolute Gasteiger partial charge is 0.338 e. The summed E-state index contributed by atoms with van der Waals surface area (Å²) in [5.41, 5.74) is 7.48. The number of hydrogen-bond donors (Lipinski definition) is 1. The molecular formula is C14H22N2O. The summed E-state index contributed by atoms with van der Waals surface area (Å²) in [5, 5.41) is 0. The van der Waals surface area contributed by atoms with Gasteiger partial charge in [-0.2, -0.15) is 0 Å². The molecule has 0 aliphatic heterocycles. The highest BCUT2D eigenvalue weighted by Crippen LogP contribution is 2.15. The highest BCUT2D eigenvalue weighted by molar-refractivity contribution is 5.94. The molecule has 0 atom stereocenters. The highest BCUT2D eigenvalue weighted by Gasteiger charge is 2.13. The van der Waals surface area contributed by atoms with Crippen LogP contribution in [0.5, 0.6) is 0 Å². The number of carbonyl (C=O) groups is 1. The van der Waals surface area contributed by atoms with Gasteiger partial charge in [0.2, 0.25) is 0 Å². The van der Waals surface area contributed by atoms with Gasteiger partial charge in [0, 0.05) is 25.2 Å². The van der Waals surface area contributed by atoms with Crippen LogP contribution < -0.4 is 5.73 Å². The number of nitrogens with zero attached hydrogens (tertiary/aromatic N) is 1. The van der Waals surface area contributed by atoms with E-state index in [2.05, 4.69) is 13.8 Å². The first-order chi connectivity index (χ1) is 8.10. The lowest BCUT2D eigenvalue weighted by Crippen LogP contribution is -2.35. The molecule has 0 saturated carbocycles. The molecule has 1 aromatic carbocycles. The van der Waals surface area contributed by atoms with Crippen LogP contribution in [-0.2, 0) is 0 Å². The van der Waals surface area contributed by atoms with E-state index in [0.29, 0.717) is 25.6 Å². The molecule has 1 amide bonds. The topological polar surface area (TPSA) is 46.3 Å². The van der Waals surface area contributed by atoms with Crippen LogP contribution in [0.4, 0.5) is 0 Å². The van der Waals surface area contributed by atoms with Crippen molar-refractivity contribution in [2.75, 3.05) is 19.6 Å². The molecule has 0 aromatic heterocycles. The van der Waals surface area contributed by atoms with E-state index >= 15 is 0 Å². The van der Waals surface area contributed by atoms with Crippen molar-refractivity contribution in [1.29, 1.82) is 0 Å². The summed E-state index contributed by atoms with van der Waals surface area (Å²) in [6, 6.07) is 7.84. The second kappa shape index (κ2) is 6.40. The fourth-order valence-corrected chi connectivity index (χ4v) is 1.75. The second-order valence-corrected chi connectivity index (χ2v) is 4.45. The molecular weight excluding hydrogens is 212 g/mol. The van der Waals surface area contributed by atoms with E-state index in [0.717, 1.165) is 5.56 Å². The van der Waals surface area contributed by atoms with E-state index in [-0.39, 0.29) is 5.91 Å².